The maximum Gasteiger partial charge on any atom is 0.292 e. The number of carbonyl (C=O) groups is 1. The van der Waals surface area contributed by atoms with E-state index in [0.29, 0.717) is 24.3 Å². The average Bonchev–Trinajstić information content (AvgIpc) is 2.42. The first-order chi connectivity index (χ1) is 9.01. The Labute approximate surface area is 112 Å². The molecule has 1 aromatic carbocycles. The standard InChI is InChI=1S/C13H19N3O3/c1-4-8-14-11-9-10(13(17)15(3)5-2)6-7-12(11)16(18)19/h6-7,9,14H,4-5,8H2,1-3H3. The Hall–Kier alpha value is -2.11. The first kappa shape index (κ1) is 14.9. The van der Waals surface area contributed by atoms with Gasteiger partial charge in [0.25, 0.3) is 11.6 Å². The summed E-state index contributed by atoms with van der Waals surface area (Å²) in [5.41, 5.74) is 0.833. The minimum absolute atomic E-state index is 0.0100. The van der Waals surface area contributed by atoms with E-state index in [2.05, 4.69) is 5.32 Å². The third kappa shape index (κ3) is 3.67. The largest absolute Gasteiger partial charge is 0.379 e. The molecule has 0 bridgehead atoms. The molecule has 0 aliphatic heterocycles. The molecule has 1 amide bonds. The number of nitrogens with one attached hydrogen (secondary N) is 1. The van der Waals surface area contributed by atoms with Crippen LogP contribution >= 0.6 is 0 Å². The van der Waals surface area contributed by atoms with Crippen LogP contribution in [0, 0.1) is 10.1 Å². The topological polar surface area (TPSA) is 75.5 Å². The lowest BCUT2D eigenvalue weighted by Gasteiger charge is -2.15. The van der Waals surface area contributed by atoms with Crippen molar-refractivity contribution in [2.75, 3.05) is 25.5 Å². The smallest absolute Gasteiger partial charge is 0.292 e. The zero-order valence-electron chi connectivity index (χ0n) is 11.5. The first-order valence-corrected chi connectivity index (χ1v) is 6.29. The van der Waals surface area contributed by atoms with Gasteiger partial charge in [0, 0.05) is 31.8 Å². The van der Waals surface area contributed by atoms with Gasteiger partial charge in [0.1, 0.15) is 5.69 Å². The minimum atomic E-state index is -0.449. The molecule has 1 rings (SSSR count). The summed E-state index contributed by atoms with van der Waals surface area (Å²) < 4.78 is 0. The number of nitro benzene ring substituents is 1. The lowest BCUT2D eigenvalue weighted by atomic mass is 10.1. The second-order valence-electron chi connectivity index (χ2n) is 4.24. The Balaban J connectivity index is 3.10. The maximum absolute atomic E-state index is 12.0. The molecule has 104 valence electrons. The van der Waals surface area contributed by atoms with Crippen molar-refractivity contribution in [3.8, 4) is 0 Å². The molecule has 0 spiro atoms. The predicted molar refractivity (Wildman–Crippen MR) is 74.5 cm³/mol. The lowest BCUT2D eigenvalue weighted by Crippen LogP contribution is -2.26. The Bertz CT molecular complexity index is 474. The van der Waals surface area contributed by atoms with Gasteiger partial charge in [0.05, 0.1) is 4.92 Å². The van der Waals surface area contributed by atoms with E-state index in [-0.39, 0.29) is 11.6 Å². The van der Waals surface area contributed by atoms with Gasteiger partial charge in [0.2, 0.25) is 0 Å². The summed E-state index contributed by atoms with van der Waals surface area (Å²) >= 11 is 0. The molecular formula is C13H19N3O3. The third-order valence-electron chi connectivity index (χ3n) is 2.83. The summed E-state index contributed by atoms with van der Waals surface area (Å²) in [5, 5.41) is 13.9. The molecule has 1 aromatic rings. The highest BCUT2D eigenvalue weighted by atomic mass is 16.6. The Kier molecular flexibility index (Phi) is 5.29. The first-order valence-electron chi connectivity index (χ1n) is 6.29. The summed E-state index contributed by atoms with van der Waals surface area (Å²) in [5.74, 6) is -0.142. The summed E-state index contributed by atoms with van der Waals surface area (Å²) in [6.07, 6.45) is 0.851. The average molecular weight is 265 g/mol. The van der Waals surface area contributed by atoms with Crippen molar-refractivity contribution in [1.29, 1.82) is 0 Å². The number of rotatable bonds is 6. The molecule has 0 fully saturated rings. The molecule has 6 nitrogen and oxygen atoms in total. The normalized spacial score (nSPS) is 10.1. The van der Waals surface area contributed by atoms with E-state index in [1.807, 2.05) is 13.8 Å². The van der Waals surface area contributed by atoms with Gasteiger partial charge >= 0.3 is 0 Å². The molecule has 0 aliphatic carbocycles. The van der Waals surface area contributed by atoms with Crippen LogP contribution in [0.4, 0.5) is 11.4 Å². The fourth-order valence-corrected chi connectivity index (χ4v) is 1.59. The number of hydrogen-bond acceptors (Lipinski definition) is 4. The van der Waals surface area contributed by atoms with E-state index >= 15 is 0 Å². The molecule has 0 saturated heterocycles. The molecule has 19 heavy (non-hydrogen) atoms. The van der Waals surface area contributed by atoms with E-state index in [4.69, 9.17) is 0 Å². The van der Waals surface area contributed by atoms with Crippen LogP contribution in [0.15, 0.2) is 18.2 Å². The number of nitro groups is 1. The zero-order chi connectivity index (χ0) is 14.4. The highest BCUT2D eigenvalue weighted by Crippen LogP contribution is 2.26. The third-order valence-corrected chi connectivity index (χ3v) is 2.83. The van der Waals surface area contributed by atoms with E-state index in [9.17, 15) is 14.9 Å². The van der Waals surface area contributed by atoms with Crippen LogP contribution in [0.3, 0.4) is 0 Å². The highest BCUT2D eigenvalue weighted by molar-refractivity contribution is 5.95. The van der Waals surface area contributed by atoms with Crippen LogP contribution in [0.1, 0.15) is 30.6 Å². The zero-order valence-corrected chi connectivity index (χ0v) is 11.5. The van der Waals surface area contributed by atoms with Crippen molar-refractivity contribution >= 4 is 17.3 Å². The summed E-state index contributed by atoms with van der Waals surface area (Å²) in [7, 11) is 1.70. The van der Waals surface area contributed by atoms with Crippen molar-refractivity contribution < 1.29 is 9.72 Å². The molecule has 0 heterocycles. The van der Waals surface area contributed by atoms with Crippen LogP contribution in [-0.2, 0) is 0 Å². The van der Waals surface area contributed by atoms with Gasteiger partial charge in [0.15, 0.2) is 0 Å². The van der Waals surface area contributed by atoms with Gasteiger partial charge < -0.3 is 10.2 Å². The summed E-state index contributed by atoms with van der Waals surface area (Å²) in [6, 6.07) is 4.40. The molecule has 0 atom stereocenters. The predicted octanol–water partition coefficient (Wildman–Crippen LogP) is 2.51. The lowest BCUT2D eigenvalue weighted by molar-refractivity contribution is -0.384. The molecule has 0 radical (unpaired) electrons. The monoisotopic (exact) mass is 265 g/mol. The number of nitrogens with zero attached hydrogens (tertiary/aromatic N) is 2. The Morgan fingerprint density at radius 3 is 2.63 bits per heavy atom. The van der Waals surface area contributed by atoms with Crippen LogP contribution in [0.25, 0.3) is 0 Å². The minimum Gasteiger partial charge on any atom is -0.379 e. The molecule has 0 aliphatic rings. The van der Waals surface area contributed by atoms with Gasteiger partial charge in [-0.05, 0) is 25.5 Å². The van der Waals surface area contributed by atoms with Crippen LogP contribution in [0.2, 0.25) is 0 Å². The van der Waals surface area contributed by atoms with E-state index in [0.717, 1.165) is 6.42 Å². The van der Waals surface area contributed by atoms with Crippen LogP contribution in [0.5, 0.6) is 0 Å². The van der Waals surface area contributed by atoms with Crippen LogP contribution in [-0.4, -0.2) is 35.9 Å². The van der Waals surface area contributed by atoms with E-state index < -0.39 is 4.92 Å². The SMILES string of the molecule is CCCNc1cc(C(=O)N(C)CC)ccc1[N+](=O)[O-]. The second-order valence-corrected chi connectivity index (χ2v) is 4.24. The number of benzene rings is 1. The van der Waals surface area contributed by atoms with Gasteiger partial charge in [-0.1, -0.05) is 6.92 Å². The Morgan fingerprint density at radius 2 is 2.11 bits per heavy atom. The quantitative estimate of drug-likeness (QED) is 0.633. The maximum atomic E-state index is 12.0. The molecule has 0 aromatic heterocycles. The number of carbonyl (C=O) groups excluding carboxylic acids is 1. The van der Waals surface area contributed by atoms with Crippen molar-refractivity contribution in [3.05, 3.63) is 33.9 Å². The Morgan fingerprint density at radius 1 is 1.42 bits per heavy atom. The molecule has 0 saturated carbocycles. The summed E-state index contributed by atoms with van der Waals surface area (Å²) in [6.45, 7) is 5.06. The molecular weight excluding hydrogens is 246 g/mol. The fraction of sp³-hybridized carbons (Fsp3) is 0.462. The van der Waals surface area contributed by atoms with Crippen molar-refractivity contribution in [2.24, 2.45) is 0 Å². The summed E-state index contributed by atoms with van der Waals surface area (Å²) in [4.78, 5) is 24.0. The van der Waals surface area contributed by atoms with Gasteiger partial charge in [-0.15, -0.1) is 0 Å². The number of anilines is 1. The number of hydrogen-bond donors (Lipinski definition) is 1. The van der Waals surface area contributed by atoms with Crippen molar-refractivity contribution in [1.82, 2.24) is 4.90 Å². The van der Waals surface area contributed by atoms with Crippen LogP contribution < -0.4 is 5.32 Å². The van der Waals surface area contributed by atoms with Gasteiger partial charge in [-0.3, -0.25) is 14.9 Å². The van der Waals surface area contributed by atoms with Gasteiger partial charge in [-0.25, -0.2) is 0 Å². The van der Waals surface area contributed by atoms with Crippen molar-refractivity contribution in [3.63, 3.8) is 0 Å². The number of amides is 1. The molecule has 1 N–H and O–H groups in total. The van der Waals surface area contributed by atoms with Crippen molar-refractivity contribution in [2.45, 2.75) is 20.3 Å². The van der Waals surface area contributed by atoms with E-state index in [1.54, 1.807) is 18.0 Å². The fourth-order valence-electron chi connectivity index (χ4n) is 1.59. The highest BCUT2D eigenvalue weighted by Gasteiger charge is 2.17. The molecule has 6 heteroatoms. The van der Waals surface area contributed by atoms with E-state index in [1.165, 1.54) is 12.1 Å². The van der Waals surface area contributed by atoms with Gasteiger partial charge in [-0.2, -0.15) is 0 Å². The molecule has 0 unspecified atom stereocenters. The second kappa shape index (κ2) is 6.72.